The molecule has 0 amide bonds. The third-order valence-corrected chi connectivity index (χ3v) is 9.04. The SMILES string of the molecule is OC(OCC(I)=C(I)I)C(I)=C(Br)I. The lowest BCUT2D eigenvalue weighted by Crippen LogP contribution is -2.13. The number of rotatable bonds is 4. The molecule has 0 aromatic heterocycles. The quantitative estimate of drug-likeness (QED) is 0.312. The molecule has 0 heterocycles. The highest BCUT2D eigenvalue weighted by Crippen LogP contribution is 2.29. The predicted molar refractivity (Wildman–Crippen MR) is 105 cm³/mol. The minimum atomic E-state index is -0.848. The van der Waals surface area contributed by atoms with E-state index in [-0.39, 0.29) is 0 Å². The van der Waals surface area contributed by atoms with Gasteiger partial charge in [-0.3, -0.25) is 0 Å². The molecule has 82 valence electrons. The van der Waals surface area contributed by atoms with Crippen LogP contribution in [0.25, 0.3) is 0 Å². The molecule has 0 saturated carbocycles. The van der Waals surface area contributed by atoms with E-state index < -0.39 is 6.29 Å². The van der Waals surface area contributed by atoms with Gasteiger partial charge in [-0.25, -0.2) is 0 Å². The molecule has 2 nitrogen and oxygen atoms in total. The van der Waals surface area contributed by atoms with Crippen LogP contribution in [0, 0.1) is 0 Å². The van der Waals surface area contributed by atoms with Crippen molar-refractivity contribution in [3.63, 3.8) is 0 Å². The molecule has 0 rings (SSSR count). The summed E-state index contributed by atoms with van der Waals surface area (Å²) in [6.45, 7) is 0.437. The third kappa shape index (κ3) is 7.78. The lowest BCUT2D eigenvalue weighted by Gasteiger charge is -2.11. The fourth-order valence-corrected chi connectivity index (χ4v) is 1.51. The first-order valence-electron chi connectivity index (χ1n) is 3.06. The highest BCUT2D eigenvalue weighted by Gasteiger charge is 2.12. The van der Waals surface area contributed by atoms with Gasteiger partial charge in [-0.05, 0) is 129 Å². The van der Waals surface area contributed by atoms with E-state index in [0.29, 0.717) is 6.61 Å². The number of halogens is 6. The first-order chi connectivity index (χ1) is 6.36. The number of aliphatic hydroxyl groups excluding tert-OH is 1. The zero-order valence-electron chi connectivity index (χ0n) is 6.41. The summed E-state index contributed by atoms with van der Waals surface area (Å²) in [4.78, 5) is 0. The van der Waals surface area contributed by atoms with Crippen LogP contribution in [0.15, 0.2) is 11.2 Å². The van der Waals surface area contributed by atoms with Crippen molar-refractivity contribution >= 4 is 129 Å². The molecule has 1 N–H and O–H groups in total. The summed E-state index contributed by atoms with van der Waals surface area (Å²) in [5.41, 5.74) is 0. The molecule has 14 heavy (non-hydrogen) atoms. The van der Waals surface area contributed by atoms with Crippen LogP contribution in [0.1, 0.15) is 0 Å². The van der Waals surface area contributed by atoms with Gasteiger partial charge in [0.1, 0.15) is 0 Å². The maximum absolute atomic E-state index is 9.57. The summed E-state index contributed by atoms with van der Waals surface area (Å²) in [5.74, 6) is 0. The van der Waals surface area contributed by atoms with Crippen molar-refractivity contribution in [2.45, 2.75) is 6.29 Å². The van der Waals surface area contributed by atoms with Crippen molar-refractivity contribution in [1.82, 2.24) is 0 Å². The van der Waals surface area contributed by atoms with Gasteiger partial charge < -0.3 is 9.84 Å². The number of hydrogen-bond donors (Lipinski definition) is 1. The molecule has 0 fully saturated rings. The Morgan fingerprint density at radius 2 is 1.71 bits per heavy atom. The number of aliphatic hydroxyl groups is 1. The first kappa shape index (κ1) is 17.5. The Balaban J connectivity index is 4.18. The first-order valence-corrected chi connectivity index (χ1v) is 9.25. The van der Waals surface area contributed by atoms with Crippen LogP contribution < -0.4 is 0 Å². The summed E-state index contributed by atoms with van der Waals surface area (Å²) >= 11 is 14.1. The molecule has 8 heteroatoms. The topological polar surface area (TPSA) is 29.5 Å². The van der Waals surface area contributed by atoms with Gasteiger partial charge in [0.05, 0.1) is 14.3 Å². The van der Waals surface area contributed by atoms with Gasteiger partial charge in [0, 0.05) is 3.58 Å². The molecule has 0 aliphatic heterocycles. The van der Waals surface area contributed by atoms with E-state index in [4.69, 9.17) is 4.74 Å². The van der Waals surface area contributed by atoms with Crippen molar-refractivity contribution in [2.24, 2.45) is 0 Å². The second-order valence-corrected chi connectivity index (χ2v) is 12.0. The second kappa shape index (κ2) is 9.46. The minimum Gasteiger partial charge on any atom is -0.364 e. The van der Waals surface area contributed by atoms with E-state index in [0.717, 1.165) is 11.2 Å². The molecule has 1 atom stereocenters. The normalized spacial score (nSPS) is 14.8. The monoisotopic (exact) mass is 821 g/mol. The fourth-order valence-electron chi connectivity index (χ4n) is 0.373. The molecule has 0 saturated heterocycles. The standard InChI is InChI=1S/C6H4BrI5O2/c7-4(10)3(9)6(13)14-1-2(8)5(11)12/h6,13H,1H2. The Labute approximate surface area is 159 Å². The number of ether oxygens (including phenoxy) is 1. The van der Waals surface area contributed by atoms with Gasteiger partial charge >= 0.3 is 0 Å². The van der Waals surface area contributed by atoms with Crippen molar-refractivity contribution in [3.05, 3.63) is 11.2 Å². The zero-order valence-corrected chi connectivity index (χ0v) is 18.8. The van der Waals surface area contributed by atoms with E-state index in [1.54, 1.807) is 0 Å². The summed E-state index contributed by atoms with van der Waals surface area (Å²) in [7, 11) is 0. The Morgan fingerprint density at radius 3 is 2.07 bits per heavy atom. The maximum Gasteiger partial charge on any atom is 0.188 e. The van der Waals surface area contributed by atoms with Gasteiger partial charge in [0.2, 0.25) is 0 Å². The fraction of sp³-hybridized carbons (Fsp3) is 0.333. The Kier molecular flexibility index (Phi) is 11.8. The minimum absolute atomic E-state index is 0.437. The summed E-state index contributed by atoms with van der Waals surface area (Å²) in [6, 6.07) is 0. The van der Waals surface area contributed by atoms with Crippen LogP contribution in [0.5, 0.6) is 0 Å². The van der Waals surface area contributed by atoms with Crippen LogP contribution in [-0.2, 0) is 4.74 Å². The summed E-state index contributed by atoms with van der Waals surface area (Å²) in [5, 5.41) is 9.57. The molecule has 0 aliphatic rings. The molecular weight excluding hydrogens is 818 g/mol. The molecule has 0 aliphatic carbocycles. The molecule has 0 radical (unpaired) electrons. The lowest BCUT2D eigenvalue weighted by molar-refractivity contribution is -0.0538. The highest BCUT2D eigenvalue weighted by atomic mass is 127. The average Bonchev–Trinajstić information content (AvgIpc) is 2.11. The van der Waals surface area contributed by atoms with E-state index >= 15 is 0 Å². The van der Waals surface area contributed by atoms with E-state index in [9.17, 15) is 5.11 Å². The lowest BCUT2D eigenvalue weighted by atomic mass is 10.6. The maximum atomic E-state index is 9.57. The van der Waals surface area contributed by atoms with E-state index in [1.807, 2.05) is 22.6 Å². The third-order valence-electron chi connectivity index (χ3n) is 0.970. The Bertz CT molecular complexity index is 257. The molecule has 0 aromatic carbocycles. The zero-order chi connectivity index (χ0) is 11.3. The molecule has 0 spiro atoms. The van der Waals surface area contributed by atoms with Crippen molar-refractivity contribution in [1.29, 1.82) is 0 Å². The van der Waals surface area contributed by atoms with Gasteiger partial charge in [0.25, 0.3) is 0 Å². The Hall–Kier alpha value is 3.53. The highest BCUT2D eigenvalue weighted by molar-refractivity contribution is 14.2. The van der Waals surface area contributed by atoms with Gasteiger partial charge in [-0.2, -0.15) is 0 Å². The van der Waals surface area contributed by atoms with Crippen LogP contribution in [0.2, 0.25) is 0 Å². The van der Waals surface area contributed by atoms with Crippen molar-refractivity contribution < 1.29 is 9.84 Å². The van der Waals surface area contributed by atoms with Crippen LogP contribution in [0.3, 0.4) is 0 Å². The Morgan fingerprint density at radius 1 is 1.21 bits per heavy atom. The molecule has 1 unspecified atom stereocenters. The van der Waals surface area contributed by atoms with Crippen LogP contribution in [0.4, 0.5) is 0 Å². The smallest absolute Gasteiger partial charge is 0.188 e. The van der Waals surface area contributed by atoms with Gasteiger partial charge in [-0.15, -0.1) is 0 Å². The predicted octanol–water partition coefficient (Wildman–Crippen LogP) is 5.23. The summed E-state index contributed by atoms with van der Waals surface area (Å²) in [6.07, 6.45) is -0.848. The van der Waals surface area contributed by atoms with Gasteiger partial charge in [0.15, 0.2) is 6.29 Å². The number of hydrogen-bond acceptors (Lipinski definition) is 2. The second-order valence-electron chi connectivity index (χ2n) is 1.94. The summed E-state index contributed by atoms with van der Waals surface area (Å²) < 4.78 is 9.14. The van der Waals surface area contributed by atoms with Gasteiger partial charge in [-0.1, -0.05) is 0 Å². The van der Waals surface area contributed by atoms with Crippen molar-refractivity contribution in [2.75, 3.05) is 6.61 Å². The van der Waals surface area contributed by atoms with E-state index in [1.165, 1.54) is 0 Å². The van der Waals surface area contributed by atoms with Crippen LogP contribution >= 0.6 is 129 Å². The average molecular weight is 823 g/mol. The molecule has 0 aromatic rings. The largest absolute Gasteiger partial charge is 0.364 e. The molecular formula is C6H4BrI5O2. The van der Waals surface area contributed by atoms with Crippen molar-refractivity contribution in [3.8, 4) is 0 Å². The molecule has 0 bridgehead atoms. The van der Waals surface area contributed by atoms with E-state index in [2.05, 4.69) is 106 Å². The van der Waals surface area contributed by atoms with Crippen LogP contribution in [-0.4, -0.2) is 18.0 Å².